The molecule has 0 fully saturated rings. The molecule has 0 radical (unpaired) electrons. The first-order valence-corrected chi connectivity index (χ1v) is 9.23. The van der Waals surface area contributed by atoms with Crippen molar-refractivity contribution in [3.63, 3.8) is 0 Å². The Kier molecular flexibility index (Phi) is 6.86. The first-order chi connectivity index (χ1) is 12.0. The number of halogens is 1. The maximum absolute atomic E-state index is 12.5. The second kappa shape index (κ2) is 8.70. The topological polar surface area (TPSA) is 71.8 Å². The SMILES string of the molecule is CCOC(=O)c1c(NC(=O)c2ccco2)sc2c1CCN(C(C)C)C2.Cl. The average molecular weight is 399 g/mol. The van der Waals surface area contributed by atoms with E-state index in [1.165, 1.54) is 17.6 Å². The summed E-state index contributed by atoms with van der Waals surface area (Å²) in [5.74, 6) is -0.535. The van der Waals surface area contributed by atoms with Crippen LogP contribution in [0.2, 0.25) is 0 Å². The smallest absolute Gasteiger partial charge is 0.341 e. The number of hydrogen-bond acceptors (Lipinski definition) is 6. The van der Waals surface area contributed by atoms with Crippen molar-refractivity contribution in [2.75, 3.05) is 18.5 Å². The zero-order valence-corrected chi connectivity index (χ0v) is 16.7. The average Bonchev–Trinajstić information content (AvgIpc) is 3.21. The predicted molar refractivity (Wildman–Crippen MR) is 103 cm³/mol. The van der Waals surface area contributed by atoms with E-state index in [4.69, 9.17) is 9.15 Å². The van der Waals surface area contributed by atoms with Crippen molar-refractivity contribution in [1.29, 1.82) is 0 Å². The van der Waals surface area contributed by atoms with Gasteiger partial charge in [0.2, 0.25) is 0 Å². The summed E-state index contributed by atoms with van der Waals surface area (Å²) in [6.45, 7) is 8.06. The van der Waals surface area contributed by atoms with Gasteiger partial charge in [-0.3, -0.25) is 9.69 Å². The van der Waals surface area contributed by atoms with E-state index in [2.05, 4.69) is 24.1 Å². The molecule has 0 aromatic carbocycles. The minimum absolute atomic E-state index is 0. The third-order valence-electron chi connectivity index (χ3n) is 4.27. The molecule has 1 amide bonds. The van der Waals surface area contributed by atoms with E-state index in [0.29, 0.717) is 23.2 Å². The number of carbonyl (C=O) groups is 2. The molecule has 2 aromatic rings. The molecule has 0 atom stereocenters. The molecule has 142 valence electrons. The Morgan fingerprint density at radius 1 is 1.42 bits per heavy atom. The largest absolute Gasteiger partial charge is 0.462 e. The number of amides is 1. The Hall–Kier alpha value is -1.83. The Balaban J connectivity index is 0.00000243. The quantitative estimate of drug-likeness (QED) is 0.772. The van der Waals surface area contributed by atoms with Crippen LogP contribution in [-0.4, -0.2) is 36.0 Å². The Bertz CT molecular complexity index is 771. The van der Waals surface area contributed by atoms with Crippen LogP contribution in [0.5, 0.6) is 0 Å². The lowest BCUT2D eigenvalue weighted by atomic mass is 10.0. The van der Waals surface area contributed by atoms with Crippen LogP contribution in [0, 0.1) is 0 Å². The molecule has 1 aliphatic heterocycles. The van der Waals surface area contributed by atoms with E-state index in [1.54, 1.807) is 19.1 Å². The number of esters is 1. The zero-order chi connectivity index (χ0) is 18.0. The van der Waals surface area contributed by atoms with Gasteiger partial charge in [-0.15, -0.1) is 23.7 Å². The Labute approximate surface area is 162 Å². The molecule has 1 N–H and O–H groups in total. The van der Waals surface area contributed by atoms with E-state index in [9.17, 15) is 9.59 Å². The van der Waals surface area contributed by atoms with Gasteiger partial charge < -0.3 is 14.5 Å². The maximum Gasteiger partial charge on any atom is 0.341 e. The molecule has 0 bridgehead atoms. The number of nitrogens with one attached hydrogen (secondary N) is 1. The number of nitrogens with zero attached hydrogens (tertiary/aromatic N) is 1. The molecule has 0 spiro atoms. The summed E-state index contributed by atoms with van der Waals surface area (Å²) in [4.78, 5) is 28.3. The van der Waals surface area contributed by atoms with Crippen LogP contribution in [0.4, 0.5) is 5.00 Å². The van der Waals surface area contributed by atoms with E-state index in [0.717, 1.165) is 30.0 Å². The standard InChI is InChI=1S/C18H22N2O4S.ClH/c1-4-23-18(22)15-12-7-8-20(11(2)3)10-14(12)25-17(15)19-16(21)13-6-5-9-24-13;/h5-6,9,11H,4,7-8,10H2,1-3H3,(H,19,21);1H. The van der Waals surface area contributed by atoms with Crippen molar-refractivity contribution in [2.45, 2.75) is 39.8 Å². The van der Waals surface area contributed by atoms with Crippen LogP contribution in [0.1, 0.15) is 52.1 Å². The molecule has 6 nitrogen and oxygen atoms in total. The van der Waals surface area contributed by atoms with Crippen molar-refractivity contribution >= 4 is 40.6 Å². The van der Waals surface area contributed by atoms with Gasteiger partial charge in [0, 0.05) is 24.0 Å². The second-order valence-corrected chi connectivity index (χ2v) is 7.28. The molecule has 1 aliphatic rings. The second-order valence-electron chi connectivity index (χ2n) is 6.17. The van der Waals surface area contributed by atoms with Gasteiger partial charge in [0.25, 0.3) is 5.91 Å². The van der Waals surface area contributed by atoms with E-state index < -0.39 is 0 Å². The first-order valence-electron chi connectivity index (χ1n) is 8.41. The highest BCUT2D eigenvalue weighted by Crippen LogP contribution is 2.38. The van der Waals surface area contributed by atoms with Crippen molar-refractivity contribution in [2.24, 2.45) is 0 Å². The van der Waals surface area contributed by atoms with Crippen LogP contribution in [0.3, 0.4) is 0 Å². The number of fused-ring (bicyclic) bond motifs is 1. The predicted octanol–water partition coefficient (Wildman–Crippen LogP) is 3.96. The van der Waals surface area contributed by atoms with Gasteiger partial charge in [-0.05, 0) is 44.9 Å². The number of carbonyl (C=O) groups excluding carboxylic acids is 2. The summed E-state index contributed by atoms with van der Waals surface area (Å²) in [6, 6.07) is 3.68. The molecule has 0 aliphatic carbocycles. The summed E-state index contributed by atoms with van der Waals surface area (Å²) in [7, 11) is 0. The summed E-state index contributed by atoms with van der Waals surface area (Å²) in [5.41, 5.74) is 1.49. The van der Waals surface area contributed by atoms with E-state index in [-0.39, 0.29) is 30.0 Å². The fourth-order valence-electron chi connectivity index (χ4n) is 2.94. The number of rotatable bonds is 5. The highest BCUT2D eigenvalue weighted by Gasteiger charge is 2.30. The molecular formula is C18H23ClN2O4S. The van der Waals surface area contributed by atoms with Crippen LogP contribution in [-0.2, 0) is 17.7 Å². The zero-order valence-electron chi connectivity index (χ0n) is 15.0. The lowest BCUT2D eigenvalue weighted by Gasteiger charge is -2.30. The van der Waals surface area contributed by atoms with Crippen molar-refractivity contribution in [3.8, 4) is 0 Å². The summed E-state index contributed by atoms with van der Waals surface area (Å²) in [5, 5.41) is 3.36. The highest BCUT2D eigenvalue weighted by atomic mass is 35.5. The Morgan fingerprint density at radius 3 is 2.81 bits per heavy atom. The third kappa shape index (κ3) is 4.11. The minimum atomic E-state index is -0.382. The molecule has 3 heterocycles. The van der Waals surface area contributed by atoms with Gasteiger partial charge in [0.15, 0.2) is 5.76 Å². The summed E-state index contributed by atoms with van der Waals surface area (Å²) in [6.07, 6.45) is 2.22. The molecule has 0 saturated heterocycles. The summed E-state index contributed by atoms with van der Waals surface area (Å²) < 4.78 is 10.4. The van der Waals surface area contributed by atoms with Crippen LogP contribution >= 0.6 is 23.7 Å². The number of ether oxygens (including phenoxy) is 1. The van der Waals surface area contributed by atoms with Crippen molar-refractivity contribution in [3.05, 3.63) is 40.2 Å². The number of thiophene rings is 1. The molecule has 3 rings (SSSR count). The highest BCUT2D eigenvalue weighted by molar-refractivity contribution is 7.17. The monoisotopic (exact) mass is 398 g/mol. The number of furan rings is 1. The van der Waals surface area contributed by atoms with Gasteiger partial charge in [0.1, 0.15) is 5.00 Å². The minimum Gasteiger partial charge on any atom is -0.462 e. The van der Waals surface area contributed by atoms with Crippen LogP contribution in [0.15, 0.2) is 22.8 Å². The molecular weight excluding hydrogens is 376 g/mol. The molecule has 0 saturated carbocycles. The lowest BCUT2D eigenvalue weighted by molar-refractivity contribution is 0.0526. The fraction of sp³-hybridized carbons (Fsp3) is 0.444. The number of hydrogen-bond donors (Lipinski definition) is 1. The Morgan fingerprint density at radius 2 is 2.19 bits per heavy atom. The molecule has 8 heteroatoms. The normalized spacial score (nSPS) is 13.8. The van der Waals surface area contributed by atoms with Gasteiger partial charge in [-0.25, -0.2) is 4.79 Å². The van der Waals surface area contributed by atoms with Gasteiger partial charge in [-0.1, -0.05) is 0 Å². The van der Waals surface area contributed by atoms with Gasteiger partial charge in [-0.2, -0.15) is 0 Å². The van der Waals surface area contributed by atoms with E-state index >= 15 is 0 Å². The van der Waals surface area contributed by atoms with Crippen molar-refractivity contribution in [1.82, 2.24) is 4.90 Å². The molecule has 0 unspecified atom stereocenters. The van der Waals surface area contributed by atoms with Gasteiger partial charge >= 0.3 is 5.97 Å². The van der Waals surface area contributed by atoms with Crippen molar-refractivity contribution < 1.29 is 18.7 Å². The first kappa shape index (κ1) is 20.5. The molecule has 2 aromatic heterocycles. The third-order valence-corrected chi connectivity index (χ3v) is 5.40. The summed E-state index contributed by atoms with van der Waals surface area (Å²) >= 11 is 1.45. The lowest BCUT2D eigenvalue weighted by Crippen LogP contribution is -2.35. The number of anilines is 1. The van der Waals surface area contributed by atoms with E-state index in [1.807, 2.05) is 0 Å². The fourth-order valence-corrected chi connectivity index (χ4v) is 4.20. The van der Waals surface area contributed by atoms with Crippen LogP contribution in [0.25, 0.3) is 0 Å². The molecule has 26 heavy (non-hydrogen) atoms. The van der Waals surface area contributed by atoms with Gasteiger partial charge in [0.05, 0.1) is 18.4 Å². The maximum atomic E-state index is 12.5. The van der Waals surface area contributed by atoms with Crippen LogP contribution < -0.4 is 5.32 Å².